The highest BCUT2D eigenvalue weighted by Gasteiger charge is 2.39. The Morgan fingerprint density at radius 2 is 0.811 bits per heavy atom. The normalized spacial score (nSPS) is 13.8. The van der Waals surface area contributed by atoms with Crippen LogP contribution >= 0.6 is 23.9 Å². The molecule has 7 heteroatoms. The lowest BCUT2D eigenvalue weighted by atomic mass is 9.76. The second-order valence-electron chi connectivity index (χ2n) is 13.2. The van der Waals surface area contributed by atoms with E-state index in [1.807, 2.05) is 0 Å². The molecule has 1 aliphatic heterocycles. The standard InChI is InChI=1S/C39H32OP2.C7H9O3P/c1-39(2)33-25-15-27-35(41(29-17-7-3-8-18-29)30-19-9-4-10-20-30)37(33)40-38-34(39)26-16-28-36(38)42(31-21-11-5-12-22-31)32-23-13-6-14-24-32;8-7(11(9)10)6-4-2-1-3-5-6/h3-28H,1-2H3;1-5,7-8,11H,(H,9,10). The summed E-state index contributed by atoms with van der Waals surface area (Å²) in [7, 11) is -4.51. The zero-order chi connectivity index (χ0) is 36.8. The minimum absolute atomic E-state index is 0.225. The molecule has 0 spiro atoms. The average Bonchev–Trinajstić information content (AvgIpc) is 3.20. The Morgan fingerprint density at radius 3 is 1.13 bits per heavy atom. The highest BCUT2D eigenvalue weighted by atomic mass is 31.1. The van der Waals surface area contributed by atoms with E-state index in [1.54, 1.807) is 30.3 Å². The number of hydrogen-bond acceptors (Lipinski definition) is 3. The van der Waals surface area contributed by atoms with Gasteiger partial charge >= 0.3 is 0 Å². The molecule has 0 amide bonds. The molecule has 7 aromatic carbocycles. The van der Waals surface area contributed by atoms with Gasteiger partial charge in [-0.05, 0) is 42.6 Å². The first-order chi connectivity index (χ1) is 25.8. The van der Waals surface area contributed by atoms with E-state index in [1.165, 1.54) is 43.0 Å². The third-order valence-corrected chi connectivity index (χ3v) is 15.2. The molecule has 2 N–H and O–H groups in total. The molecule has 0 radical (unpaired) electrons. The van der Waals surface area contributed by atoms with Crippen molar-refractivity contribution >= 4 is 55.7 Å². The van der Waals surface area contributed by atoms with E-state index >= 15 is 0 Å². The van der Waals surface area contributed by atoms with Gasteiger partial charge < -0.3 is 14.7 Å². The van der Waals surface area contributed by atoms with Gasteiger partial charge in [-0.2, -0.15) is 0 Å². The molecular weight excluding hydrogens is 709 g/mol. The van der Waals surface area contributed by atoms with Gasteiger partial charge in [0.15, 0.2) is 5.85 Å². The first-order valence-electron chi connectivity index (χ1n) is 17.6. The fourth-order valence-electron chi connectivity index (χ4n) is 6.79. The zero-order valence-electron chi connectivity index (χ0n) is 29.6. The Hall–Kier alpha value is -4.65. The highest BCUT2D eigenvalue weighted by molar-refractivity contribution is 7.80. The molecule has 0 saturated carbocycles. The summed E-state index contributed by atoms with van der Waals surface area (Å²) in [4.78, 5) is 8.57. The van der Waals surface area contributed by atoms with Crippen molar-refractivity contribution in [3.8, 4) is 11.5 Å². The highest BCUT2D eigenvalue weighted by Crippen LogP contribution is 2.52. The Kier molecular flexibility index (Phi) is 11.5. The summed E-state index contributed by atoms with van der Waals surface area (Å²) < 4.78 is 17.7. The molecule has 53 heavy (non-hydrogen) atoms. The second kappa shape index (κ2) is 16.6. The molecule has 1 aliphatic rings. The summed E-state index contributed by atoms with van der Waals surface area (Å²) in [6.45, 7) is 4.70. The summed E-state index contributed by atoms with van der Waals surface area (Å²) in [5.41, 5.74) is 2.75. The molecule has 0 saturated heterocycles. The van der Waals surface area contributed by atoms with Gasteiger partial charge in [0.1, 0.15) is 11.5 Å². The summed E-state index contributed by atoms with van der Waals surface area (Å²) in [6, 6.07) is 65.6. The van der Waals surface area contributed by atoms with E-state index in [-0.39, 0.29) is 5.41 Å². The first kappa shape index (κ1) is 36.7. The molecule has 7 aromatic rings. The van der Waals surface area contributed by atoms with E-state index in [0.29, 0.717) is 5.56 Å². The van der Waals surface area contributed by atoms with Crippen molar-refractivity contribution in [2.24, 2.45) is 0 Å². The van der Waals surface area contributed by atoms with Gasteiger partial charge in [-0.15, -0.1) is 0 Å². The number of aliphatic hydroxyl groups is 1. The number of ether oxygens (including phenoxy) is 1. The van der Waals surface area contributed by atoms with E-state index in [2.05, 4.69) is 172 Å². The number of benzene rings is 7. The summed E-state index contributed by atoms with van der Waals surface area (Å²) >= 11 is 0. The van der Waals surface area contributed by atoms with Crippen LogP contribution in [0.1, 0.15) is 36.4 Å². The third kappa shape index (κ3) is 7.85. The van der Waals surface area contributed by atoms with Crippen LogP contribution < -0.4 is 36.6 Å². The van der Waals surface area contributed by atoms with Crippen molar-refractivity contribution in [2.45, 2.75) is 25.1 Å². The Labute approximate surface area is 315 Å². The third-order valence-electron chi connectivity index (χ3n) is 9.43. The minimum atomic E-state index is -2.86. The van der Waals surface area contributed by atoms with Crippen molar-refractivity contribution in [3.63, 3.8) is 0 Å². The van der Waals surface area contributed by atoms with Gasteiger partial charge in [-0.3, -0.25) is 4.57 Å². The van der Waals surface area contributed by atoms with E-state index in [4.69, 9.17) is 14.7 Å². The van der Waals surface area contributed by atoms with E-state index in [9.17, 15) is 4.57 Å². The lowest BCUT2D eigenvalue weighted by Crippen LogP contribution is -2.32. The lowest BCUT2D eigenvalue weighted by Gasteiger charge is -2.38. The van der Waals surface area contributed by atoms with Crippen LogP contribution in [0.3, 0.4) is 0 Å². The van der Waals surface area contributed by atoms with Crippen LogP contribution in [0.2, 0.25) is 0 Å². The van der Waals surface area contributed by atoms with Crippen LogP contribution in [0, 0.1) is 0 Å². The second-order valence-corrected chi connectivity index (χ2v) is 18.8. The predicted molar refractivity (Wildman–Crippen MR) is 225 cm³/mol. The van der Waals surface area contributed by atoms with Gasteiger partial charge in [-0.1, -0.05) is 202 Å². The van der Waals surface area contributed by atoms with Crippen LogP contribution in [0.15, 0.2) is 188 Å². The number of rotatable bonds is 8. The Balaban J connectivity index is 0.000000341. The molecule has 0 aliphatic carbocycles. The van der Waals surface area contributed by atoms with E-state index < -0.39 is 29.7 Å². The summed E-state index contributed by atoms with van der Waals surface area (Å²) in [5, 5.41) is 16.9. The number of hydrogen-bond donors (Lipinski definition) is 2. The molecule has 264 valence electrons. The predicted octanol–water partition coefficient (Wildman–Crippen LogP) is 8.78. The molecular formula is C46H41O4P3. The zero-order valence-corrected chi connectivity index (χ0v) is 32.4. The Morgan fingerprint density at radius 1 is 0.491 bits per heavy atom. The van der Waals surface area contributed by atoms with Crippen LogP contribution in [0.4, 0.5) is 0 Å². The van der Waals surface area contributed by atoms with Gasteiger partial charge in [-0.25, -0.2) is 0 Å². The van der Waals surface area contributed by atoms with Crippen molar-refractivity contribution in [3.05, 3.63) is 205 Å². The van der Waals surface area contributed by atoms with Crippen LogP contribution in [-0.4, -0.2) is 10.00 Å². The molecule has 8 rings (SSSR count). The summed E-state index contributed by atoms with van der Waals surface area (Å²) in [6.07, 6.45) is 0. The topological polar surface area (TPSA) is 66.8 Å². The van der Waals surface area contributed by atoms with Crippen LogP contribution in [0.25, 0.3) is 0 Å². The smallest absolute Gasteiger partial charge is 0.221 e. The average molecular weight is 751 g/mol. The van der Waals surface area contributed by atoms with Gasteiger partial charge in [0, 0.05) is 27.2 Å². The number of fused-ring (bicyclic) bond motifs is 2. The van der Waals surface area contributed by atoms with Crippen molar-refractivity contribution < 1.29 is 19.3 Å². The van der Waals surface area contributed by atoms with Crippen molar-refractivity contribution in [1.29, 1.82) is 0 Å². The Bertz CT molecular complexity index is 2070. The van der Waals surface area contributed by atoms with Gasteiger partial charge in [0.2, 0.25) is 8.03 Å². The largest absolute Gasteiger partial charge is 0.455 e. The fraction of sp³-hybridized carbons (Fsp3) is 0.0870. The quantitative estimate of drug-likeness (QED) is 0.153. The first-order valence-corrected chi connectivity index (χ1v) is 21.7. The van der Waals surface area contributed by atoms with Crippen molar-refractivity contribution in [2.75, 3.05) is 0 Å². The molecule has 2 unspecified atom stereocenters. The molecule has 2 atom stereocenters. The van der Waals surface area contributed by atoms with Crippen LogP contribution in [0.5, 0.6) is 11.5 Å². The molecule has 1 heterocycles. The maximum absolute atomic E-state index is 10.4. The monoisotopic (exact) mass is 750 g/mol. The van der Waals surface area contributed by atoms with E-state index in [0.717, 1.165) is 11.5 Å². The van der Waals surface area contributed by atoms with Crippen molar-refractivity contribution in [1.82, 2.24) is 0 Å². The SMILES string of the molecule is CC1(C)c2cccc(P(c3ccccc3)c3ccccc3)c2Oc2c(P(c3ccccc3)c3ccccc3)cccc21.O=[PH](O)C(O)c1ccccc1. The fourth-order valence-corrected chi connectivity index (χ4v) is 12.1. The van der Waals surface area contributed by atoms with Gasteiger partial charge in [0.25, 0.3) is 0 Å². The molecule has 0 bridgehead atoms. The minimum Gasteiger partial charge on any atom is -0.455 e. The summed E-state index contributed by atoms with van der Waals surface area (Å²) in [5.74, 6) is 0.802. The molecule has 4 nitrogen and oxygen atoms in total. The lowest BCUT2D eigenvalue weighted by molar-refractivity contribution is 0.243. The molecule has 0 aromatic heterocycles. The number of para-hydroxylation sites is 2. The maximum atomic E-state index is 10.4. The van der Waals surface area contributed by atoms with Crippen LogP contribution in [-0.2, 0) is 9.98 Å². The van der Waals surface area contributed by atoms with Gasteiger partial charge in [0.05, 0.1) is 0 Å². The maximum Gasteiger partial charge on any atom is 0.221 e. The number of aliphatic hydroxyl groups excluding tert-OH is 1. The molecule has 0 fully saturated rings.